The maximum Gasteiger partial charge on any atom is 0.317 e. The van der Waals surface area contributed by atoms with E-state index in [9.17, 15) is 9.90 Å². The van der Waals surface area contributed by atoms with Crippen molar-refractivity contribution in [2.75, 3.05) is 20.1 Å². The van der Waals surface area contributed by atoms with E-state index in [1.54, 1.807) is 11.9 Å². The Kier molecular flexibility index (Phi) is 5.83. The second kappa shape index (κ2) is 7.63. The van der Waals surface area contributed by atoms with E-state index in [1.165, 1.54) is 11.1 Å². The molecule has 122 valence electrons. The van der Waals surface area contributed by atoms with Gasteiger partial charge in [0.05, 0.1) is 6.10 Å². The number of aryl methyl sites for hydroxylation is 1. The molecule has 3 atom stereocenters. The molecule has 1 aromatic rings. The predicted molar refractivity (Wildman–Crippen MR) is 89.0 cm³/mol. The fourth-order valence-electron chi connectivity index (χ4n) is 3.05. The Morgan fingerprint density at radius 3 is 2.64 bits per heavy atom. The first-order chi connectivity index (χ1) is 10.5. The summed E-state index contributed by atoms with van der Waals surface area (Å²) in [5.74, 6) is 0.514. The molecule has 0 heterocycles. The van der Waals surface area contributed by atoms with Crippen LogP contribution in [0.3, 0.4) is 0 Å². The minimum Gasteiger partial charge on any atom is -0.393 e. The van der Waals surface area contributed by atoms with Crippen LogP contribution in [0.15, 0.2) is 24.3 Å². The molecule has 2 N–H and O–H groups in total. The lowest BCUT2D eigenvalue weighted by molar-refractivity contribution is 0.114. The number of aliphatic hydroxyl groups excluding tert-OH is 1. The van der Waals surface area contributed by atoms with Gasteiger partial charge in [-0.2, -0.15) is 0 Å². The van der Waals surface area contributed by atoms with Crippen molar-refractivity contribution in [3.05, 3.63) is 35.4 Å². The van der Waals surface area contributed by atoms with Gasteiger partial charge in [-0.15, -0.1) is 0 Å². The molecule has 2 rings (SSSR count). The van der Waals surface area contributed by atoms with Crippen molar-refractivity contribution < 1.29 is 9.90 Å². The molecule has 0 bridgehead atoms. The van der Waals surface area contributed by atoms with Crippen LogP contribution < -0.4 is 5.32 Å². The third kappa shape index (κ3) is 4.47. The molecule has 1 saturated carbocycles. The third-order valence-corrected chi connectivity index (χ3v) is 4.68. The largest absolute Gasteiger partial charge is 0.393 e. The van der Waals surface area contributed by atoms with Gasteiger partial charge in [-0.1, -0.05) is 43.2 Å². The minimum absolute atomic E-state index is 0.0574. The quantitative estimate of drug-likeness (QED) is 0.879. The fraction of sp³-hybridized carbons (Fsp3) is 0.611. The van der Waals surface area contributed by atoms with Crippen molar-refractivity contribution in [3.63, 3.8) is 0 Å². The van der Waals surface area contributed by atoms with Gasteiger partial charge in [0.1, 0.15) is 0 Å². The van der Waals surface area contributed by atoms with Gasteiger partial charge in [-0.25, -0.2) is 4.79 Å². The molecule has 1 aliphatic carbocycles. The average molecular weight is 304 g/mol. The van der Waals surface area contributed by atoms with Crippen molar-refractivity contribution in [3.8, 4) is 0 Å². The number of nitrogens with zero attached hydrogens (tertiary/aromatic N) is 1. The zero-order chi connectivity index (χ0) is 16.1. The Labute approximate surface area is 133 Å². The number of aliphatic hydroxyl groups is 1. The van der Waals surface area contributed by atoms with Crippen LogP contribution in [-0.2, 0) is 0 Å². The smallest absolute Gasteiger partial charge is 0.317 e. The first kappa shape index (κ1) is 16.8. The second-order valence-corrected chi connectivity index (χ2v) is 6.64. The summed E-state index contributed by atoms with van der Waals surface area (Å²) in [6, 6.07) is 8.37. The summed E-state index contributed by atoms with van der Waals surface area (Å²) in [7, 11) is 1.80. The molecule has 2 amide bonds. The molecule has 4 nitrogen and oxygen atoms in total. The van der Waals surface area contributed by atoms with E-state index in [2.05, 4.69) is 43.4 Å². The lowest BCUT2D eigenvalue weighted by Crippen LogP contribution is -2.42. The second-order valence-electron chi connectivity index (χ2n) is 6.64. The van der Waals surface area contributed by atoms with Gasteiger partial charge in [0, 0.05) is 26.1 Å². The van der Waals surface area contributed by atoms with E-state index in [0.29, 0.717) is 13.1 Å². The summed E-state index contributed by atoms with van der Waals surface area (Å²) in [4.78, 5) is 13.9. The fourth-order valence-corrected chi connectivity index (χ4v) is 3.05. The first-order valence-electron chi connectivity index (χ1n) is 8.21. The van der Waals surface area contributed by atoms with Crippen LogP contribution in [0.1, 0.15) is 43.2 Å². The molecule has 3 unspecified atom stereocenters. The Balaban J connectivity index is 1.77. The molecule has 22 heavy (non-hydrogen) atoms. The number of urea groups is 1. The molecule has 1 aliphatic rings. The number of carbonyl (C=O) groups is 1. The highest BCUT2D eigenvalue weighted by atomic mass is 16.3. The van der Waals surface area contributed by atoms with Crippen molar-refractivity contribution in [1.29, 1.82) is 0 Å². The van der Waals surface area contributed by atoms with Crippen LogP contribution in [0.5, 0.6) is 0 Å². The number of nitrogens with one attached hydrogen (secondary N) is 1. The van der Waals surface area contributed by atoms with Crippen molar-refractivity contribution in [2.45, 2.75) is 45.1 Å². The monoisotopic (exact) mass is 304 g/mol. The lowest BCUT2D eigenvalue weighted by atomic mass is 10.0. The van der Waals surface area contributed by atoms with E-state index in [-0.39, 0.29) is 24.0 Å². The minimum atomic E-state index is -0.248. The average Bonchev–Trinajstić information content (AvgIpc) is 2.90. The molecule has 1 aromatic carbocycles. The molecular formula is C18H28N2O2. The molecule has 4 heteroatoms. The van der Waals surface area contributed by atoms with Gasteiger partial charge < -0.3 is 15.3 Å². The number of amides is 2. The molecule has 0 spiro atoms. The van der Waals surface area contributed by atoms with Crippen LogP contribution in [0.25, 0.3) is 0 Å². The maximum atomic E-state index is 12.2. The van der Waals surface area contributed by atoms with Crippen LogP contribution in [0, 0.1) is 12.8 Å². The Hall–Kier alpha value is -1.55. The van der Waals surface area contributed by atoms with Crippen LogP contribution >= 0.6 is 0 Å². The number of benzene rings is 1. The maximum absolute atomic E-state index is 12.2. The first-order valence-corrected chi connectivity index (χ1v) is 8.21. The number of hydrogen-bond donors (Lipinski definition) is 2. The van der Waals surface area contributed by atoms with Crippen LogP contribution in [0.2, 0.25) is 0 Å². The summed E-state index contributed by atoms with van der Waals surface area (Å²) in [6.45, 7) is 5.44. The highest BCUT2D eigenvalue weighted by Gasteiger charge is 2.27. The zero-order valence-corrected chi connectivity index (χ0v) is 13.9. The Morgan fingerprint density at radius 2 is 2.05 bits per heavy atom. The van der Waals surface area contributed by atoms with Gasteiger partial charge in [0.2, 0.25) is 0 Å². The highest BCUT2D eigenvalue weighted by molar-refractivity contribution is 5.73. The van der Waals surface area contributed by atoms with Crippen molar-refractivity contribution >= 4 is 6.03 Å². The van der Waals surface area contributed by atoms with E-state index >= 15 is 0 Å². The van der Waals surface area contributed by atoms with Gasteiger partial charge in [-0.3, -0.25) is 0 Å². The van der Waals surface area contributed by atoms with E-state index < -0.39 is 0 Å². The number of carbonyl (C=O) groups excluding carboxylic acids is 1. The summed E-state index contributed by atoms with van der Waals surface area (Å²) < 4.78 is 0. The normalized spacial score (nSPS) is 22.4. The summed E-state index contributed by atoms with van der Waals surface area (Å²) >= 11 is 0. The van der Waals surface area contributed by atoms with Gasteiger partial charge >= 0.3 is 6.03 Å². The van der Waals surface area contributed by atoms with Crippen LogP contribution in [0.4, 0.5) is 4.79 Å². The third-order valence-electron chi connectivity index (χ3n) is 4.68. The highest BCUT2D eigenvalue weighted by Crippen LogP contribution is 2.26. The van der Waals surface area contributed by atoms with E-state index in [0.717, 1.165) is 19.3 Å². The Bertz CT molecular complexity index is 486. The number of hydrogen-bond acceptors (Lipinski definition) is 2. The van der Waals surface area contributed by atoms with E-state index in [4.69, 9.17) is 0 Å². The number of rotatable bonds is 5. The zero-order valence-electron chi connectivity index (χ0n) is 13.9. The SMILES string of the molecule is Cc1ccc(C(C)CNC(=O)N(C)CC2CCCC2O)cc1. The lowest BCUT2D eigenvalue weighted by Gasteiger charge is -2.24. The van der Waals surface area contributed by atoms with Gasteiger partial charge in [0.25, 0.3) is 0 Å². The molecule has 1 fully saturated rings. The van der Waals surface area contributed by atoms with Crippen LogP contribution in [-0.4, -0.2) is 42.3 Å². The Morgan fingerprint density at radius 1 is 1.36 bits per heavy atom. The predicted octanol–water partition coefficient (Wildman–Crippen LogP) is 2.90. The molecule has 0 aromatic heterocycles. The van der Waals surface area contributed by atoms with Crippen molar-refractivity contribution in [2.24, 2.45) is 5.92 Å². The summed E-state index contributed by atoms with van der Waals surface area (Å²) in [5, 5.41) is 12.8. The van der Waals surface area contributed by atoms with Gasteiger partial charge in [0.15, 0.2) is 0 Å². The molecule has 0 saturated heterocycles. The van der Waals surface area contributed by atoms with E-state index in [1.807, 2.05) is 0 Å². The molecule has 0 radical (unpaired) electrons. The molecule has 0 aliphatic heterocycles. The molecular weight excluding hydrogens is 276 g/mol. The van der Waals surface area contributed by atoms with Crippen molar-refractivity contribution in [1.82, 2.24) is 10.2 Å². The summed E-state index contributed by atoms with van der Waals surface area (Å²) in [5.41, 5.74) is 2.48. The standard InChI is InChI=1S/C18H28N2O2/c1-13-7-9-15(10-8-13)14(2)11-19-18(22)20(3)12-16-5-4-6-17(16)21/h7-10,14,16-17,21H,4-6,11-12H2,1-3H3,(H,19,22). The van der Waals surface area contributed by atoms with Gasteiger partial charge in [-0.05, 0) is 31.2 Å². The topological polar surface area (TPSA) is 52.6 Å². The summed E-state index contributed by atoms with van der Waals surface area (Å²) in [6.07, 6.45) is 2.69.